The highest BCUT2D eigenvalue weighted by atomic mass is 19.2. The molecule has 1 amide bonds. The van der Waals surface area contributed by atoms with Crippen LogP contribution in [-0.2, 0) is 11.4 Å². The molecule has 3 nitrogen and oxygen atoms in total. The minimum Gasteiger partial charge on any atom is -0.392 e. The summed E-state index contributed by atoms with van der Waals surface area (Å²) in [5, 5.41) is 8.87. The zero-order valence-electron chi connectivity index (χ0n) is 10.1. The van der Waals surface area contributed by atoms with Crippen LogP contribution in [0.15, 0.2) is 12.1 Å². The number of carbonyl (C=O) groups is 1. The van der Waals surface area contributed by atoms with E-state index in [1.807, 2.05) is 0 Å². The highest BCUT2D eigenvalue weighted by molar-refractivity contribution is 5.74. The van der Waals surface area contributed by atoms with Crippen molar-refractivity contribution in [1.82, 2.24) is 4.90 Å². The molecule has 1 N–H and O–H groups in total. The molecule has 0 aliphatic carbocycles. The number of hydrogen-bond acceptors (Lipinski definition) is 2. The Hall–Kier alpha value is -1.49. The van der Waals surface area contributed by atoms with Gasteiger partial charge in [-0.05, 0) is 12.8 Å². The van der Waals surface area contributed by atoms with Gasteiger partial charge in [-0.1, -0.05) is 12.1 Å². The van der Waals surface area contributed by atoms with Crippen LogP contribution in [0.25, 0.3) is 0 Å². The van der Waals surface area contributed by atoms with Crippen molar-refractivity contribution >= 4 is 5.91 Å². The molecule has 1 saturated heterocycles. The molecule has 1 aromatic rings. The Morgan fingerprint density at radius 3 is 2.78 bits per heavy atom. The minimum atomic E-state index is -1.02. The molecule has 1 aliphatic heterocycles. The van der Waals surface area contributed by atoms with E-state index >= 15 is 0 Å². The maximum atomic E-state index is 13.9. The molecule has 98 valence electrons. The average molecular weight is 255 g/mol. The SMILES string of the molecule is CC(=O)N1CCCC1c1ccc(CO)c(F)c1F. The van der Waals surface area contributed by atoms with E-state index < -0.39 is 24.3 Å². The molecule has 1 aromatic carbocycles. The van der Waals surface area contributed by atoms with E-state index in [0.29, 0.717) is 13.0 Å². The van der Waals surface area contributed by atoms with Gasteiger partial charge in [0.05, 0.1) is 12.6 Å². The Balaban J connectivity index is 2.39. The summed E-state index contributed by atoms with van der Waals surface area (Å²) in [6, 6.07) is 2.42. The molecule has 5 heteroatoms. The number of aliphatic hydroxyl groups excluding tert-OH is 1. The second-order valence-electron chi connectivity index (χ2n) is 4.47. The van der Waals surface area contributed by atoms with Crippen LogP contribution < -0.4 is 0 Å². The van der Waals surface area contributed by atoms with E-state index in [2.05, 4.69) is 0 Å². The summed E-state index contributed by atoms with van der Waals surface area (Å²) in [6.07, 6.45) is 1.42. The molecular formula is C13H15F2NO2. The lowest BCUT2D eigenvalue weighted by atomic mass is 10.0. The van der Waals surface area contributed by atoms with Gasteiger partial charge in [0.15, 0.2) is 11.6 Å². The third-order valence-corrected chi connectivity index (χ3v) is 3.38. The highest BCUT2D eigenvalue weighted by Crippen LogP contribution is 2.34. The fraction of sp³-hybridized carbons (Fsp3) is 0.462. The van der Waals surface area contributed by atoms with Gasteiger partial charge >= 0.3 is 0 Å². The van der Waals surface area contributed by atoms with Crippen molar-refractivity contribution in [3.8, 4) is 0 Å². The van der Waals surface area contributed by atoms with E-state index in [9.17, 15) is 13.6 Å². The molecule has 2 rings (SSSR count). The zero-order valence-corrected chi connectivity index (χ0v) is 10.1. The van der Waals surface area contributed by atoms with Crippen LogP contribution in [0.5, 0.6) is 0 Å². The topological polar surface area (TPSA) is 40.5 Å². The molecule has 0 spiro atoms. The molecule has 0 radical (unpaired) electrons. The zero-order chi connectivity index (χ0) is 13.3. The van der Waals surface area contributed by atoms with Crippen LogP contribution in [-0.4, -0.2) is 22.5 Å². The van der Waals surface area contributed by atoms with E-state index in [-0.39, 0.29) is 17.0 Å². The van der Waals surface area contributed by atoms with Gasteiger partial charge in [-0.15, -0.1) is 0 Å². The number of benzene rings is 1. The quantitative estimate of drug-likeness (QED) is 0.879. The first kappa shape index (κ1) is 13.0. The molecule has 1 unspecified atom stereocenters. The van der Waals surface area contributed by atoms with Crippen LogP contribution in [0, 0.1) is 11.6 Å². The van der Waals surface area contributed by atoms with E-state index in [1.54, 1.807) is 4.90 Å². The average Bonchev–Trinajstić information content (AvgIpc) is 2.81. The van der Waals surface area contributed by atoms with Crippen molar-refractivity contribution in [2.45, 2.75) is 32.4 Å². The number of rotatable bonds is 2. The van der Waals surface area contributed by atoms with Gasteiger partial charge in [0.1, 0.15) is 0 Å². The fourth-order valence-electron chi connectivity index (χ4n) is 2.45. The number of likely N-dealkylation sites (tertiary alicyclic amines) is 1. The summed E-state index contributed by atoms with van der Waals surface area (Å²) in [5.74, 6) is -2.12. The Morgan fingerprint density at radius 1 is 1.44 bits per heavy atom. The number of hydrogen-bond donors (Lipinski definition) is 1. The number of amides is 1. The van der Waals surface area contributed by atoms with Gasteiger partial charge in [0.25, 0.3) is 0 Å². The first-order valence-electron chi connectivity index (χ1n) is 5.91. The van der Waals surface area contributed by atoms with E-state index in [4.69, 9.17) is 5.11 Å². The van der Waals surface area contributed by atoms with Crippen molar-refractivity contribution in [2.75, 3.05) is 6.54 Å². The Kier molecular flexibility index (Phi) is 3.61. The second-order valence-corrected chi connectivity index (χ2v) is 4.47. The van der Waals surface area contributed by atoms with E-state index in [1.165, 1.54) is 19.1 Å². The summed E-state index contributed by atoms with van der Waals surface area (Å²) in [4.78, 5) is 13.0. The molecule has 1 aliphatic rings. The van der Waals surface area contributed by atoms with Gasteiger partial charge in [0.2, 0.25) is 5.91 Å². The normalized spacial score (nSPS) is 19.3. The predicted molar refractivity (Wildman–Crippen MR) is 61.6 cm³/mol. The molecule has 0 bridgehead atoms. The molecular weight excluding hydrogens is 240 g/mol. The monoisotopic (exact) mass is 255 g/mol. The van der Waals surface area contributed by atoms with Crippen LogP contribution in [0.2, 0.25) is 0 Å². The van der Waals surface area contributed by atoms with Crippen molar-refractivity contribution in [3.05, 3.63) is 34.9 Å². The minimum absolute atomic E-state index is 0.0661. The standard InChI is InChI=1S/C13H15F2NO2/c1-8(18)16-6-2-3-11(16)10-5-4-9(7-17)12(14)13(10)15/h4-5,11,17H,2-3,6-7H2,1H3. The molecule has 0 aromatic heterocycles. The fourth-order valence-corrected chi connectivity index (χ4v) is 2.45. The first-order valence-corrected chi connectivity index (χ1v) is 5.91. The molecule has 1 fully saturated rings. The third kappa shape index (κ3) is 2.10. The van der Waals surface area contributed by atoms with Gasteiger partial charge < -0.3 is 10.0 Å². The van der Waals surface area contributed by atoms with Crippen LogP contribution in [0.1, 0.15) is 36.9 Å². The van der Waals surface area contributed by atoms with Crippen LogP contribution >= 0.6 is 0 Å². The first-order chi connectivity index (χ1) is 8.56. The van der Waals surface area contributed by atoms with Crippen molar-refractivity contribution < 1.29 is 18.7 Å². The lowest BCUT2D eigenvalue weighted by Crippen LogP contribution is -2.28. The summed E-state index contributed by atoms with van der Waals surface area (Å²) in [5.41, 5.74) is 0.126. The summed E-state index contributed by atoms with van der Waals surface area (Å²) < 4.78 is 27.5. The smallest absolute Gasteiger partial charge is 0.219 e. The number of nitrogens with zero attached hydrogens (tertiary/aromatic N) is 1. The van der Waals surface area contributed by atoms with Gasteiger partial charge in [-0.2, -0.15) is 0 Å². The lowest BCUT2D eigenvalue weighted by Gasteiger charge is -2.24. The maximum absolute atomic E-state index is 13.9. The molecule has 18 heavy (non-hydrogen) atoms. The number of aliphatic hydroxyl groups is 1. The van der Waals surface area contributed by atoms with Crippen LogP contribution in [0.4, 0.5) is 8.78 Å². The Labute approximate surface area is 104 Å². The Morgan fingerprint density at radius 2 is 2.17 bits per heavy atom. The van der Waals surface area contributed by atoms with Crippen molar-refractivity contribution in [3.63, 3.8) is 0 Å². The summed E-state index contributed by atoms with van der Waals surface area (Å²) >= 11 is 0. The van der Waals surface area contributed by atoms with Gasteiger partial charge in [-0.3, -0.25) is 4.79 Å². The van der Waals surface area contributed by atoms with Gasteiger partial charge in [-0.25, -0.2) is 8.78 Å². The molecule has 1 heterocycles. The molecule has 0 saturated carbocycles. The highest BCUT2D eigenvalue weighted by Gasteiger charge is 2.31. The predicted octanol–water partition coefficient (Wildman–Crippen LogP) is 2.14. The van der Waals surface area contributed by atoms with Crippen molar-refractivity contribution in [2.24, 2.45) is 0 Å². The Bertz CT molecular complexity index is 476. The van der Waals surface area contributed by atoms with Crippen LogP contribution in [0.3, 0.4) is 0 Å². The second kappa shape index (κ2) is 5.02. The number of carbonyl (C=O) groups excluding carboxylic acids is 1. The third-order valence-electron chi connectivity index (χ3n) is 3.38. The van der Waals surface area contributed by atoms with Crippen molar-refractivity contribution in [1.29, 1.82) is 0 Å². The number of halogens is 2. The van der Waals surface area contributed by atoms with E-state index in [0.717, 1.165) is 6.42 Å². The largest absolute Gasteiger partial charge is 0.392 e. The lowest BCUT2D eigenvalue weighted by molar-refractivity contribution is -0.129. The summed E-state index contributed by atoms with van der Waals surface area (Å²) in [7, 11) is 0. The molecule has 1 atom stereocenters. The van der Waals surface area contributed by atoms with Gasteiger partial charge in [0, 0.05) is 24.6 Å². The summed E-state index contributed by atoms with van der Waals surface area (Å²) in [6.45, 7) is 1.46. The maximum Gasteiger partial charge on any atom is 0.219 e.